The Bertz CT molecular complexity index is 454. The summed E-state index contributed by atoms with van der Waals surface area (Å²) in [5.41, 5.74) is 1.59. The molecular weight excluding hydrogens is 206 g/mol. The number of benzene rings is 1. The van der Waals surface area contributed by atoms with Gasteiger partial charge in [0.25, 0.3) is 5.91 Å². The summed E-state index contributed by atoms with van der Waals surface area (Å²) in [6, 6.07) is 5.41. The number of ether oxygens (including phenoxy) is 1. The first-order chi connectivity index (χ1) is 7.61. The minimum absolute atomic E-state index is 0.00637. The minimum atomic E-state index is -0.0934. The normalized spacial score (nSPS) is 13.9. The van der Waals surface area contributed by atoms with Crippen molar-refractivity contribution in [3.05, 3.63) is 29.3 Å². The standard InChI is InChI=1S/C12H13NO3/c1-8(14)6-13-7-9-3-4-10(16-2)5-11(9)12(13)15/h3-5H,6-7H2,1-2H3. The molecule has 1 aromatic rings. The first kappa shape index (κ1) is 10.7. The Hall–Kier alpha value is -1.84. The van der Waals surface area contributed by atoms with Crippen molar-refractivity contribution in [2.45, 2.75) is 13.5 Å². The van der Waals surface area contributed by atoms with Gasteiger partial charge in [-0.15, -0.1) is 0 Å². The minimum Gasteiger partial charge on any atom is -0.497 e. The molecule has 1 aromatic carbocycles. The lowest BCUT2D eigenvalue weighted by Gasteiger charge is -2.12. The van der Waals surface area contributed by atoms with Crippen LogP contribution in [0.2, 0.25) is 0 Å². The van der Waals surface area contributed by atoms with Gasteiger partial charge in [0.15, 0.2) is 0 Å². The predicted octanol–water partition coefficient (Wildman–Crippen LogP) is 1.24. The number of methoxy groups -OCH3 is 1. The van der Waals surface area contributed by atoms with Crippen LogP contribution in [0, 0.1) is 0 Å². The number of carbonyl (C=O) groups is 2. The van der Waals surface area contributed by atoms with Crippen molar-refractivity contribution < 1.29 is 14.3 Å². The second-order valence-electron chi connectivity index (χ2n) is 3.89. The van der Waals surface area contributed by atoms with Gasteiger partial charge in [0.1, 0.15) is 11.5 Å². The highest BCUT2D eigenvalue weighted by Crippen LogP contribution is 2.26. The Morgan fingerprint density at radius 2 is 2.25 bits per heavy atom. The SMILES string of the molecule is COc1ccc2c(c1)C(=O)N(CC(C)=O)C2. The summed E-state index contributed by atoms with van der Waals surface area (Å²) in [4.78, 5) is 24.5. The van der Waals surface area contributed by atoms with Crippen LogP contribution in [-0.4, -0.2) is 30.2 Å². The van der Waals surface area contributed by atoms with E-state index in [0.29, 0.717) is 17.9 Å². The number of rotatable bonds is 3. The van der Waals surface area contributed by atoms with Gasteiger partial charge in [0, 0.05) is 12.1 Å². The van der Waals surface area contributed by atoms with E-state index < -0.39 is 0 Å². The Labute approximate surface area is 93.8 Å². The van der Waals surface area contributed by atoms with Crippen LogP contribution in [0.15, 0.2) is 18.2 Å². The number of hydrogen-bond acceptors (Lipinski definition) is 3. The maximum absolute atomic E-state index is 11.9. The zero-order valence-electron chi connectivity index (χ0n) is 9.32. The van der Waals surface area contributed by atoms with Gasteiger partial charge in [-0.2, -0.15) is 0 Å². The summed E-state index contributed by atoms with van der Waals surface area (Å²) in [6.45, 7) is 2.17. The average molecular weight is 219 g/mol. The van der Waals surface area contributed by atoms with E-state index in [0.717, 1.165) is 5.56 Å². The van der Waals surface area contributed by atoms with Crippen LogP contribution in [0.4, 0.5) is 0 Å². The quantitative estimate of drug-likeness (QED) is 0.768. The summed E-state index contributed by atoms with van der Waals surface area (Å²) in [7, 11) is 1.56. The lowest BCUT2D eigenvalue weighted by molar-refractivity contribution is -0.117. The molecule has 1 amide bonds. The van der Waals surface area contributed by atoms with E-state index in [4.69, 9.17) is 4.74 Å². The third-order valence-electron chi connectivity index (χ3n) is 2.61. The molecular formula is C12H13NO3. The van der Waals surface area contributed by atoms with Gasteiger partial charge >= 0.3 is 0 Å². The van der Waals surface area contributed by atoms with Crippen LogP contribution in [0.25, 0.3) is 0 Å². The van der Waals surface area contributed by atoms with Crippen molar-refractivity contribution in [1.29, 1.82) is 0 Å². The van der Waals surface area contributed by atoms with E-state index >= 15 is 0 Å². The number of amides is 1. The lowest BCUT2D eigenvalue weighted by atomic mass is 10.1. The van der Waals surface area contributed by atoms with E-state index in [1.165, 1.54) is 6.92 Å². The van der Waals surface area contributed by atoms with Crippen LogP contribution < -0.4 is 4.74 Å². The third-order valence-corrected chi connectivity index (χ3v) is 2.61. The number of hydrogen-bond donors (Lipinski definition) is 0. The Morgan fingerprint density at radius 1 is 1.50 bits per heavy atom. The van der Waals surface area contributed by atoms with Crippen molar-refractivity contribution in [3.63, 3.8) is 0 Å². The molecule has 0 spiro atoms. The molecule has 0 bridgehead atoms. The predicted molar refractivity (Wildman–Crippen MR) is 58.4 cm³/mol. The van der Waals surface area contributed by atoms with Gasteiger partial charge in [0.05, 0.1) is 13.7 Å². The monoisotopic (exact) mass is 219 g/mol. The van der Waals surface area contributed by atoms with Crippen LogP contribution in [0.1, 0.15) is 22.8 Å². The van der Waals surface area contributed by atoms with E-state index in [2.05, 4.69) is 0 Å². The van der Waals surface area contributed by atoms with Crippen molar-refractivity contribution in [3.8, 4) is 5.75 Å². The molecule has 0 saturated carbocycles. The number of carbonyl (C=O) groups excluding carboxylic acids is 2. The van der Waals surface area contributed by atoms with E-state index in [9.17, 15) is 9.59 Å². The third kappa shape index (κ3) is 1.78. The Balaban J connectivity index is 2.28. The number of Topliss-reactive ketones (excluding diaryl/α,β-unsaturated/α-hetero) is 1. The summed E-state index contributed by atoms with van der Waals surface area (Å²) < 4.78 is 5.07. The molecule has 0 unspecified atom stereocenters. The largest absolute Gasteiger partial charge is 0.497 e. The number of ketones is 1. The lowest BCUT2D eigenvalue weighted by Crippen LogP contribution is -2.28. The van der Waals surface area contributed by atoms with Crippen LogP contribution in [-0.2, 0) is 11.3 Å². The summed E-state index contributed by atoms with van der Waals surface area (Å²) >= 11 is 0. The number of fused-ring (bicyclic) bond motifs is 1. The van der Waals surface area contributed by atoms with Gasteiger partial charge in [0.2, 0.25) is 0 Å². The van der Waals surface area contributed by atoms with Gasteiger partial charge in [-0.3, -0.25) is 9.59 Å². The summed E-state index contributed by atoms with van der Waals surface area (Å²) in [6.07, 6.45) is 0. The zero-order chi connectivity index (χ0) is 11.7. The fourth-order valence-electron chi connectivity index (χ4n) is 1.86. The second kappa shape index (κ2) is 3.96. The summed E-state index contributed by atoms with van der Waals surface area (Å²) in [5, 5.41) is 0. The van der Waals surface area contributed by atoms with E-state index in [1.807, 2.05) is 12.1 Å². The molecule has 0 radical (unpaired) electrons. The molecule has 0 saturated heterocycles. The molecule has 2 rings (SSSR count). The molecule has 0 aromatic heterocycles. The van der Waals surface area contributed by atoms with Crippen molar-refractivity contribution in [2.75, 3.05) is 13.7 Å². The van der Waals surface area contributed by atoms with Gasteiger partial charge in [-0.1, -0.05) is 6.07 Å². The number of nitrogens with zero attached hydrogens (tertiary/aromatic N) is 1. The summed E-state index contributed by atoms with van der Waals surface area (Å²) in [5.74, 6) is 0.564. The van der Waals surface area contributed by atoms with Crippen molar-refractivity contribution in [1.82, 2.24) is 4.90 Å². The maximum atomic E-state index is 11.9. The van der Waals surface area contributed by atoms with Gasteiger partial charge in [-0.05, 0) is 24.6 Å². The van der Waals surface area contributed by atoms with Crippen molar-refractivity contribution >= 4 is 11.7 Å². The molecule has 1 aliphatic rings. The van der Waals surface area contributed by atoms with Gasteiger partial charge < -0.3 is 9.64 Å². The van der Waals surface area contributed by atoms with Gasteiger partial charge in [-0.25, -0.2) is 0 Å². The molecule has 16 heavy (non-hydrogen) atoms. The highest BCUT2D eigenvalue weighted by molar-refractivity contribution is 6.00. The average Bonchev–Trinajstić information content (AvgIpc) is 2.55. The molecule has 4 nitrogen and oxygen atoms in total. The molecule has 4 heteroatoms. The molecule has 1 heterocycles. The molecule has 1 aliphatic heterocycles. The van der Waals surface area contributed by atoms with Crippen LogP contribution in [0.5, 0.6) is 5.75 Å². The van der Waals surface area contributed by atoms with Crippen LogP contribution >= 0.6 is 0 Å². The molecule has 0 fully saturated rings. The Kier molecular flexibility index (Phi) is 2.64. The highest BCUT2D eigenvalue weighted by atomic mass is 16.5. The topological polar surface area (TPSA) is 46.6 Å². The second-order valence-corrected chi connectivity index (χ2v) is 3.89. The smallest absolute Gasteiger partial charge is 0.255 e. The van der Waals surface area contributed by atoms with Crippen LogP contribution in [0.3, 0.4) is 0 Å². The highest BCUT2D eigenvalue weighted by Gasteiger charge is 2.28. The maximum Gasteiger partial charge on any atom is 0.255 e. The Morgan fingerprint density at radius 3 is 2.88 bits per heavy atom. The fraction of sp³-hybridized carbons (Fsp3) is 0.333. The zero-order valence-corrected chi connectivity index (χ0v) is 9.32. The molecule has 0 atom stereocenters. The van der Waals surface area contributed by atoms with E-state index in [-0.39, 0.29) is 18.2 Å². The fourth-order valence-corrected chi connectivity index (χ4v) is 1.86. The van der Waals surface area contributed by atoms with E-state index in [1.54, 1.807) is 18.1 Å². The molecule has 84 valence electrons. The van der Waals surface area contributed by atoms with Crippen molar-refractivity contribution in [2.24, 2.45) is 0 Å². The first-order valence-corrected chi connectivity index (χ1v) is 5.07. The first-order valence-electron chi connectivity index (χ1n) is 5.07. The molecule has 0 N–H and O–H groups in total. The molecule has 0 aliphatic carbocycles.